The normalized spacial score (nSPS) is 13.2. The van der Waals surface area contributed by atoms with E-state index in [0.29, 0.717) is 27.5 Å². The number of ether oxygens (including phenoxy) is 1. The Morgan fingerprint density at radius 1 is 1.19 bits per heavy atom. The van der Waals surface area contributed by atoms with Crippen LogP contribution in [0, 0.1) is 0 Å². The highest BCUT2D eigenvalue weighted by Gasteiger charge is 2.22. The van der Waals surface area contributed by atoms with Gasteiger partial charge in [0.1, 0.15) is 5.75 Å². The van der Waals surface area contributed by atoms with Crippen LogP contribution in [0.25, 0.3) is 0 Å². The Morgan fingerprint density at radius 3 is 2.85 bits per heavy atom. The molecule has 3 aromatic rings. The summed E-state index contributed by atoms with van der Waals surface area (Å²) in [6, 6.07) is 14.9. The maximum absolute atomic E-state index is 12.7. The van der Waals surface area contributed by atoms with Gasteiger partial charge in [-0.3, -0.25) is 10.2 Å². The molecule has 1 aliphatic heterocycles. The van der Waals surface area contributed by atoms with Crippen molar-refractivity contribution in [3.63, 3.8) is 0 Å². The van der Waals surface area contributed by atoms with Crippen LogP contribution in [0.15, 0.2) is 54.7 Å². The number of urea groups is 1. The summed E-state index contributed by atoms with van der Waals surface area (Å²) >= 11 is 7.15. The largest absolute Gasteiger partial charge is 0.445 e. The molecule has 0 fully saturated rings. The van der Waals surface area contributed by atoms with Gasteiger partial charge in [-0.25, -0.2) is 9.78 Å². The third-order valence-corrected chi connectivity index (χ3v) is 5.13. The Bertz CT molecular complexity index is 927. The number of anilines is 2. The topological polar surface area (TPSA) is 54.5 Å². The van der Waals surface area contributed by atoms with Crippen LogP contribution in [-0.4, -0.2) is 17.6 Å². The highest BCUT2D eigenvalue weighted by molar-refractivity contribution is 7.17. The lowest BCUT2D eigenvalue weighted by Gasteiger charge is -2.29. The first-order valence-corrected chi connectivity index (χ1v) is 9.44. The molecule has 2 aromatic carbocycles. The SMILES string of the molecule is O=C(Nc1ncc(Oc2ccc(Cl)cc2)s1)N1CCCc2ccccc21. The van der Waals surface area contributed by atoms with E-state index >= 15 is 0 Å². The van der Waals surface area contributed by atoms with Crippen molar-refractivity contribution in [2.75, 3.05) is 16.8 Å². The van der Waals surface area contributed by atoms with Crippen LogP contribution in [0.2, 0.25) is 5.02 Å². The van der Waals surface area contributed by atoms with Crippen LogP contribution in [0.5, 0.6) is 10.8 Å². The highest BCUT2D eigenvalue weighted by atomic mass is 35.5. The van der Waals surface area contributed by atoms with E-state index in [-0.39, 0.29) is 6.03 Å². The Morgan fingerprint density at radius 2 is 2.00 bits per heavy atom. The first kappa shape index (κ1) is 16.9. The molecule has 1 aromatic heterocycles. The van der Waals surface area contributed by atoms with E-state index < -0.39 is 0 Å². The number of aryl methyl sites for hydroxylation is 1. The van der Waals surface area contributed by atoms with Crippen LogP contribution in [0.1, 0.15) is 12.0 Å². The summed E-state index contributed by atoms with van der Waals surface area (Å²) in [5.74, 6) is 0.667. The molecule has 2 heterocycles. The molecule has 0 saturated heterocycles. The summed E-state index contributed by atoms with van der Waals surface area (Å²) in [4.78, 5) is 18.7. The monoisotopic (exact) mass is 385 g/mol. The zero-order valence-corrected chi connectivity index (χ0v) is 15.4. The standard InChI is InChI=1S/C19H16ClN3O2S/c20-14-7-9-15(10-8-14)25-17-12-21-18(26-17)22-19(24)23-11-3-5-13-4-1-2-6-16(13)23/h1-2,4,6-10,12H,3,5,11H2,(H,21,22,24). The Hall–Kier alpha value is -2.57. The predicted molar refractivity (Wildman–Crippen MR) is 105 cm³/mol. The number of hydrogen-bond donors (Lipinski definition) is 1. The zero-order valence-electron chi connectivity index (χ0n) is 13.8. The van der Waals surface area contributed by atoms with Crippen LogP contribution < -0.4 is 15.0 Å². The minimum atomic E-state index is -0.176. The summed E-state index contributed by atoms with van der Waals surface area (Å²) in [6.07, 6.45) is 3.54. The third-order valence-electron chi connectivity index (χ3n) is 4.09. The average Bonchev–Trinajstić information content (AvgIpc) is 3.10. The first-order valence-electron chi connectivity index (χ1n) is 8.25. The summed E-state index contributed by atoms with van der Waals surface area (Å²) in [5, 5.41) is 4.61. The van der Waals surface area contributed by atoms with Crippen LogP contribution in [-0.2, 0) is 6.42 Å². The van der Waals surface area contributed by atoms with Gasteiger partial charge in [0, 0.05) is 17.3 Å². The fourth-order valence-electron chi connectivity index (χ4n) is 2.89. The Labute approximate surface area is 160 Å². The first-order chi connectivity index (χ1) is 12.7. The highest BCUT2D eigenvalue weighted by Crippen LogP contribution is 2.32. The molecular formula is C19H16ClN3O2S. The number of carbonyl (C=O) groups is 1. The molecule has 1 aliphatic rings. The van der Waals surface area contributed by atoms with Crippen LogP contribution >= 0.6 is 22.9 Å². The molecule has 5 nitrogen and oxygen atoms in total. The van der Waals surface area contributed by atoms with Crippen LogP contribution in [0.4, 0.5) is 15.6 Å². The second-order valence-electron chi connectivity index (χ2n) is 5.85. The molecule has 2 amide bonds. The number of rotatable bonds is 3. The summed E-state index contributed by atoms with van der Waals surface area (Å²) < 4.78 is 5.73. The number of carbonyl (C=O) groups excluding carboxylic acids is 1. The summed E-state index contributed by atoms with van der Waals surface area (Å²) in [5.41, 5.74) is 2.16. The third kappa shape index (κ3) is 3.66. The van der Waals surface area contributed by atoms with Crippen molar-refractivity contribution >= 4 is 39.8 Å². The van der Waals surface area contributed by atoms with Crippen molar-refractivity contribution in [3.8, 4) is 10.8 Å². The van der Waals surface area contributed by atoms with Crippen molar-refractivity contribution in [1.82, 2.24) is 4.98 Å². The predicted octanol–water partition coefficient (Wildman–Crippen LogP) is 5.57. The molecule has 26 heavy (non-hydrogen) atoms. The van der Waals surface area contributed by atoms with E-state index in [1.165, 1.54) is 16.9 Å². The van der Waals surface area contributed by atoms with Gasteiger partial charge in [-0.05, 0) is 48.7 Å². The molecule has 0 atom stereocenters. The maximum atomic E-state index is 12.7. The number of amides is 2. The number of thiazole rings is 1. The van der Waals surface area contributed by atoms with Gasteiger partial charge >= 0.3 is 6.03 Å². The zero-order chi connectivity index (χ0) is 17.9. The molecular weight excluding hydrogens is 370 g/mol. The van der Waals surface area contributed by atoms with Crippen molar-refractivity contribution in [1.29, 1.82) is 0 Å². The fourth-order valence-corrected chi connectivity index (χ4v) is 3.69. The van der Waals surface area contributed by atoms with Gasteiger partial charge in [-0.1, -0.05) is 41.1 Å². The van der Waals surface area contributed by atoms with E-state index in [9.17, 15) is 4.79 Å². The van der Waals surface area contributed by atoms with Gasteiger partial charge in [0.2, 0.25) is 5.06 Å². The van der Waals surface area contributed by atoms with E-state index in [1.807, 2.05) is 18.2 Å². The average molecular weight is 386 g/mol. The van der Waals surface area contributed by atoms with Crippen molar-refractivity contribution < 1.29 is 9.53 Å². The van der Waals surface area contributed by atoms with Crippen molar-refractivity contribution in [2.24, 2.45) is 0 Å². The lowest BCUT2D eigenvalue weighted by atomic mass is 10.0. The number of benzene rings is 2. The number of fused-ring (bicyclic) bond motifs is 1. The van der Waals surface area contributed by atoms with E-state index in [0.717, 1.165) is 18.5 Å². The number of nitrogens with one attached hydrogen (secondary N) is 1. The molecule has 132 valence electrons. The van der Waals surface area contributed by atoms with Gasteiger partial charge in [-0.2, -0.15) is 0 Å². The quantitative estimate of drug-likeness (QED) is 0.640. The molecule has 1 N–H and O–H groups in total. The molecule has 0 aliphatic carbocycles. The second-order valence-corrected chi connectivity index (χ2v) is 7.28. The molecule has 4 rings (SSSR count). The second kappa shape index (κ2) is 7.35. The lowest BCUT2D eigenvalue weighted by Crippen LogP contribution is -2.38. The minimum Gasteiger partial charge on any atom is -0.445 e. The number of hydrogen-bond acceptors (Lipinski definition) is 4. The Balaban J connectivity index is 1.44. The molecule has 0 spiro atoms. The molecule has 0 unspecified atom stereocenters. The maximum Gasteiger partial charge on any atom is 0.328 e. The van der Waals surface area contributed by atoms with Crippen LogP contribution in [0.3, 0.4) is 0 Å². The minimum absolute atomic E-state index is 0.176. The molecule has 0 radical (unpaired) electrons. The van der Waals surface area contributed by atoms with E-state index in [4.69, 9.17) is 16.3 Å². The van der Waals surface area contributed by atoms with Gasteiger partial charge in [-0.15, -0.1) is 0 Å². The van der Waals surface area contributed by atoms with Crippen molar-refractivity contribution in [3.05, 3.63) is 65.3 Å². The molecule has 0 saturated carbocycles. The molecule has 7 heteroatoms. The fraction of sp³-hybridized carbons (Fsp3) is 0.158. The van der Waals surface area contributed by atoms with Gasteiger partial charge in [0.15, 0.2) is 5.13 Å². The van der Waals surface area contributed by atoms with E-state index in [1.54, 1.807) is 35.4 Å². The van der Waals surface area contributed by atoms with Gasteiger partial charge < -0.3 is 4.74 Å². The number of para-hydroxylation sites is 1. The lowest BCUT2D eigenvalue weighted by molar-refractivity contribution is 0.256. The Kier molecular flexibility index (Phi) is 4.77. The van der Waals surface area contributed by atoms with E-state index in [2.05, 4.69) is 16.4 Å². The van der Waals surface area contributed by atoms with Gasteiger partial charge in [0.05, 0.1) is 6.20 Å². The number of halogens is 1. The van der Waals surface area contributed by atoms with Crippen molar-refractivity contribution in [2.45, 2.75) is 12.8 Å². The number of nitrogens with zero attached hydrogens (tertiary/aromatic N) is 2. The number of aromatic nitrogens is 1. The summed E-state index contributed by atoms with van der Waals surface area (Å²) in [6.45, 7) is 0.697. The van der Waals surface area contributed by atoms with Gasteiger partial charge in [0.25, 0.3) is 0 Å². The molecule has 0 bridgehead atoms. The summed E-state index contributed by atoms with van der Waals surface area (Å²) in [7, 11) is 0. The smallest absolute Gasteiger partial charge is 0.328 e.